The van der Waals surface area contributed by atoms with Crippen LogP contribution in [0.5, 0.6) is 0 Å². The molecule has 2 N–H and O–H groups in total. The lowest BCUT2D eigenvalue weighted by atomic mass is 9.62. The van der Waals surface area contributed by atoms with Gasteiger partial charge >= 0.3 is 7.12 Å². The third-order valence-corrected chi connectivity index (χ3v) is 2.30. The summed E-state index contributed by atoms with van der Waals surface area (Å²) in [5.74, 6) is -2.29. The molecule has 1 saturated carbocycles. The highest BCUT2D eigenvalue weighted by atomic mass is 19.2. The molecule has 8 heteroatoms. The van der Waals surface area contributed by atoms with Crippen LogP contribution in [0.2, 0.25) is 5.82 Å². The van der Waals surface area contributed by atoms with E-state index in [1.54, 1.807) is 0 Å². The fourth-order valence-corrected chi connectivity index (χ4v) is 1.46. The Bertz CT molecular complexity index is 191. The van der Waals surface area contributed by atoms with E-state index in [1.165, 1.54) is 0 Å². The van der Waals surface area contributed by atoms with Crippen molar-refractivity contribution in [3.8, 4) is 0 Å². The number of halogens is 5. The summed E-state index contributed by atoms with van der Waals surface area (Å²) < 4.78 is 63.4. The number of hydrogen-bond acceptors (Lipinski definition) is 2. The van der Waals surface area contributed by atoms with E-state index in [9.17, 15) is 22.0 Å². The predicted octanol–water partition coefficient (Wildman–Crippen LogP) is 0.534. The molecule has 14 heavy (non-hydrogen) atoms. The van der Waals surface area contributed by atoms with Crippen LogP contribution in [-0.2, 0) is 0 Å². The van der Waals surface area contributed by atoms with Crippen LogP contribution < -0.4 is 0 Å². The van der Waals surface area contributed by atoms with Crippen LogP contribution in [-0.4, -0.2) is 48.0 Å². The van der Waals surface area contributed by atoms with E-state index in [0.717, 1.165) is 0 Å². The first kappa shape index (κ1) is 11.7. The van der Waals surface area contributed by atoms with Gasteiger partial charge in [-0.25, -0.2) is 22.0 Å². The van der Waals surface area contributed by atoms with Crippen molar-refractivity contribution in [1.29, 1.82) is 0 Å². The molecule has 1 fully saturated rings. The van der Waals surface area contributed by atoms with Crippen molar-refractivity contribution >= 4 is 7.12 Å². The summed E-state index contributed by atoms with van der Waals surface area (Å²) in [7, 11) is -2.55. The number of rotatable bonds is 1. The first-order chi connectivity index (χ1) is 6.37. The monoisotopic (exact) mass is 218 g/mol. The Morgan fingerprint density at radius 1 is 0.643 bits per heavy atom. The minimum atomic E-state index is -2.91. The summed E-state index contributed by atoms with van der Waals surface area (Å²) in [5, 5.41) is 16.9. The van der Waals surface area contributed by atoms with Crippen molar-refractivity contribution < 1.29 is 32.0 Å². The topological polar surface area (TPSA) is 40.5 Å². The van der Waals surface area contributed by atoms with Crippen LogP contribution in [0, 0.1) is 0 Å². The zero-order valence-electron chi connectivity index (χ0n) is 6.83. The molecule has 0 heterocycles. The van der Waals surface area contributed by atoms with Gasteiger partial charge in [0, 0.05) is 0 Å². The van der Waals surface area contributed by atoms with E-state index in [-0.39, 0.29) is 0 Å². The summed E-state index contributed by atoms with van der Waals surface area (Å²) in [6.07, 6.45) is -14.2. The summed E-state index contributed by atoms with van der Waals surface area (Å²) in [6, 6.07) is 0. The van der Waals surface area contributed by atoms with Gasteiger partial charge in [0.05, 0.1) is 5.82 Å². The third-order valence-electron chi connectivity index (χ3n) is 2.30. The summed E-state index contributed by atoms with van der Waals surface area (Å²) in [6.45, 7) is 0. The van der Waals surface area contributed by atoms with Gasteiger partial charge in [-0.05, 0) is 0 Å². The van der Waals surface area contributed by atoms with Crippen molar-refractivity contribution in [2.75, 3.05) is 0 Å². The highest BCUT2D eigenvalue weighted by Gasteiger charge is 2.57. The molecule has 1 rings (SSSR count). The van der Waals surface area contributed by atoms with Crippen LogP contribution in [0.15, 0.2) is 0 Å². The van der Waals surface area contributed by atoms with E-state index < -0.39 is 43.8 Å². The van der Waals surface area contributed by atoms with E-state index in [2.05, 4.69) is 0 Å². The average Bonchev–Trinajstić information content (AvgIpc) is 2.11. The second-order valence-electron chi connectivity index (χ2n) is 3.21. The highest BCUT2D eigenvalue weighted by molar-refractivity contribution is 6.43. The van der Waals surface area contributed by atoms with Crippen molar-refractivity contribution in [3.63, 3.8) is 0 Å². The molecule has 1 aliphatic rings. The molecule has 0 aliphatic heterocycles. The van der Waals surface area contributed by atoms with E-state index in [0.29, 0.717) is 0 Å². The quantitative estimate of drug-likeness (QED) is 0.497. The smallest absolute Gasteiger partial charge is 0.427 e. The van der Waals surface area contributed by atoms with Gasteiger partial charge in [-0.2, -0.15) is 0 Å². The molecule has 4 unspecified atom stereocenters. The van der Waals surface area contributed by atoms with Crippen LogP contribution >= 0.6 is 0 Å². The molecule has 0 spiro atoms. The summed E-state index contributed by atoms with van der Waals surface area (Å²) >= 11 is 0. The maximum absolute atomic E-state index is 12.8. The predicted molar refractivity (Wildman–Crippen MR) is 38.4 cm³/mol. The largest absolute Gasteiger partial charge is 0.460 e. The molecule has 1 aliphatic carbocycles. The second-order valence-corrected chi connectivity index (χ2v) is 3.21. The molecular formula is C6H8BF5O2. The Balaban J connectivity index is 2.86. The minimum Gasteiger partial charge on any atom is -0.427 e. The molecule has 0 radical (unpaired) electrons. The Morgan fingerprint density at radius 3 is 1.21 bits per heavy atom. The van der Waals surface area contributed by atoms with Gasteiger partial charge in [0.2, 0.25) is 0 Å². The van der Waals surface area contributed by atoms with E-state index >= 15 is 0 Å². The van der Waals surface area contributed by atoms with Gasteiger partial charge in [-0.15, -0.1) is 0 Å². The molecule has 0 aromatic carbocycles. The molecule has 4 atom stereocenters. The first-order valence-corrected chi connectivity index (χ1v) is 3.94. The molecule has 0 aromatic rings. The molecule has 0 saturated heterocycles. The van der Waals surface area contributed by atoms with Crippen molar-refractivity contribution in [2.24, 2.45) is 0 Å². The minimum absolute atomic E-state index is 2.29. The van der Waals surface area contributed by atoms with Gasteiger partial charge in [-0.1, -0.05) is 0 Å². The highest BCUT2D eigenvalue weighted by Crippen LogP contribution is 2.39. The average molecular weight is 218 g/mol. The standard InChI is InChI=1S/C6H8BF5O2/c8-2-1(7(13)14)3(9)5(11)6(12)4(2)10/h1-6,13-14H. The van der Waals surface area contributed by atoms with Crippen molar-refractivity contribution in [3.05, 3.63) is 0 Å². The third kappa shape index (κ3) is 1.72. The van der Waals surface area contributed by atoms with Crippen LogP contribution in [0.3, 0.4) is 0 Å². The Kier molecular flexibility index (Phi) is 3.36. The lowest BCUT2D eigenvalue weighted by Crippen LogP contribution is -2.54. The zero-order chi connectivity index (χ0) is 11.0. The lowest BCUT2D eigenvalue weighted by Gasteiger charge is -2.35. The Labute approximate surface area is 76.9 Å². The summed E-state index contributed by atoms with van der Waals surface area (Å²) in [4.78, 5) is 0. The van der Waals surface area contributed by atoms with Crippen molar-refractivity contribution in [1.82, 2.24) is 0 Å². The zero-order valence-corrected chi connectivity index (χ0v) is 6.83. The molecule has 0 bridgehead atoms. The lowest BCUT2D eigenvalue weighted by molar-refractivity contribution is -0.0559. The maximum Gasteiger partial charge on any atom is 0.460 e. The fraction of sp³-hybridized carbons (Fsp3) is 1.00. The van der Waals surface area contributed by atoms with Gasteiger partial charge in [0.15, 0.2) is 18.5 Å². The molecule has 82 valence electrons. The normalized spacial score (nSPS) is 49.1. The van der Waals surface area contributed by atoms with Gasteiger partial charge in [-0.3, -0.25) is 0 Å². The van der Waals surface area contributed by atoms with Gasteiger partial charge in [0.25, 0.3) is 0 Å². The molecule has 2 nitrogen and oxygen atoms in total. The van der Waals surface area contributed by atoms with E-state index in [4.69, 9.17) is 10.0 Å². The SMILES string of the molecule is OB(O)C1C(F)C(F)C(F)C(F)C1F. The number of hydrogen-bond donors (Lipinski definition) is 2. The molecule has 0 amide bonds. The van der Waals surface area contributed by atoms with Gasteiger partial charge in [0.1, 0.15) is 12.3 Å². The van der Waals surface area contributed by atoms with Crippen LogP contribution in [0.25, 0.3) is 0 Å². The van der Waals surface area contributed by atoms with Crippen LogP contribution in [0.4, 0.5) is 22.0 Å². The molecular weight excluding hydrogens is 210 g/mol. The number of alkyl halides is 5. The first-order valence-electron chi connectivity index (χ1n) is 3.94. The Morgan fingerprint density at radius 2 is 0.929 bits per heavy atom. The van der Waals surface area contributed by atoms with Gasteiger partial charge < -0.3 is 10.0 Å². The van der Waals surface area contributed by atoms with Crippen LogP contribution in [0.1, 0.15) is 0 Å². The maximum atomic E-state index is 12.8. The fourth-order valence-electron chi connectivity index (χ4n) is 1.46. The second kappa shape index (κ2) is 4.02. The Hall–Kier alpha value is -0.365. The molecule has 0 aromatic heterocycles. The summed E-state index contributed by atoms with van der Waals surface area (Å²) in [5.41, 5.74) is 0. The van der Waals surface area contributed by atoms with Crippen molar-refractivity contribution in [2.45, 2.75) is 36.7 Å². The van der Waals surface area contributed by atoms with E-state index in [1.807, 2.05) is 0 Å².